The average Bonchev–Trinajstić information content (AvgIpc) is 2.83. The van der Waals surface area contributed by atoms with Crippen molar-refractivity contribution in [1.82, 2.24) is 14.7 Å². The van der Waals surface area contributed by atoms with Gasteiger partial charge < -0.3 is 9.64 Å². The number of carbonyl (C=O) groups excluding carboxylic acids is 1. The van der Waals surface area contributed by atoms with E-state index in [1.807, 2.05) is 62.0 Å². The number of aromatic nitrogens is 2. The zero-order chi connectivity index (χ0) is 15.9. The van der Waals surface area contributed by atoms with Crippen LogP contribution in [0.3, 0.4) is 0 Å². The molecule has 0 unspecified atom stereocenters. The molecule has 5 nitrogen and oxygen atoms in total. The van der Waals surface area contributed by atoms with Crippen molar-refractivity contribution in [3.63, 3.8) is 0 Å². The first-order valence-corrected chi connectivity index (χ1v) is 7.49. The van der Waals surface area contributed by atoms with Crippen LogP contribution >= 0.6 is 0 Å². The lowest BCUT2D eigenvalue weighted by atomic mass is 10.3. The summed E-state index contributed by atoms with van der Waals surface area (Å²) in [5, 5.41) is 4.40. The highest BCUT2D eigenvalue weighted by molar-refractivity contribution is 5.75. The molecule has 0 aliphatic heterocycles. The molecule has 0 radical (unpaired) electrons. The summed E-state index contributed by atoms with van der Waals surface area (Å²) in [6.07, 6.45) is 0.377. The van der Waals surface area contributed by atoms with Crippen LogP contribution in [0, 0.1) is 13.8 Å². The van der Waals surface area contributed by atoms with Gasteiger partial charge in [-0.2, -0.15) is 5.10 Å². The van der Waals surface area contributed by atoms with Gasteiger partial charge in [-0.1, -0.05) is 18.2 Å². The molecule has 0 saturated carbocycles. The lowest BCUT2D eigenvalue weighted by Gasteiger charge is -2.17. The van der Waals surface area contributed by atoms with E-state index in [-0.39, 0.29) is 5.91 Å². The average molecular weight is 301 g/mol. The zero-order valence-corrected chi connectivity index (χ0v) is 13.5. The number of hydrogen-bond acceptors (Lipinski definition) is 3. The standard InChI is InChI=1S/C17H23N3O2/c1-14-13-15(2)20(18-14)11-10-19(3)17(21)9-12-22-16-7-5-4-6-8-16/h4-8,13H,9-12H2,1-3H3. The summed E-state index contributed by atoms with van der Waals surface area (Å²) in [5.74, 6) is 0.873. The number of para-hydroxylation sites is 1. The molecule has 0 aliphatic carbocycles. The minimum Gasteiger partial charge on any atom is -0.493 e. The third kappa shape index (κ3) is 4.62. The Kier molecular flexibility index (Phi) is 5.58. The van der Waals surface area contributed by atoms with Crippen molar-refractivity contribution in [1.29, 1.82) is 0 Å². The molecule has 2 aromatic rings. The molecule has 0 fully saturated rings. The molecule has 1 aromatic carbocycles. The van der Waals surface area contributed by atoms with Crippen LogP contribution in [0.5, 0.6) is 5.75 Å². The maximum Gasteiger partial charge on any atom is 0.225 e. The molecule has 0 bridgehead atoms. The Morgan fingerprint density at radius 2 is 2.00 bits per heavy atom. The van der Waals surface area contributed by atoms with Gasteiger partial charge in [-0.25, -0.2) is 0 Å². The number of rotatable bonds is 7. The molecule has 0 atom stereocenters. The van der Waals surface area contributed by atoms with Gasteiger partial charge in [0, 0.05) is 19.3 Å². The fourth-order valence-electron chi connectivity index (χ4n) is 2.23. The fourth-order valence-corrected chi connectivity index (χ4v) is 2.23. The number of hydrogen-bond donors (Lipinski definition) is 0. The highest BCUT2D eigenvalue weighted by Gasteiger charge is 2.10. The number of carbonyl (C=O) groups is 1. The van der Waals surface area contributed by atoms with E-state index in [1.54, 1.807) is 4.90 Å². The van der Waals surface area contributed by atoms with Gasteiger partial charge >= 0.3 is 0 Å². The van der Waals surface area contributed by atoms with Crippen LogP contribution in [0.25, 0.3) is 0 Å². The summed E-state index contributed by atoms with van der Waals surface area (Å²) in [5.41, 5.74) is 2.12. The number of nitrogens with zero attached hydrogens (tertiary/aromatic N) is 3. The molecule has 22 heavy (non-hydrogen) atoms. The predicted octanol–water partition coefficient (Wildman–Crippen LogP) is 2.43. The lowest BCUT2D eigenvalue weighted by Crippen LogP contribution is -2.31. The Bertz CT molecular complexity index is 608. The summed E-state index contributed by atoms with van der Waals surface area (Å²) in [6.45, 7) is 5.75. The van der Waals surface area contributed by atoms with Gasteiger partial charge in [0.15, 0.2) is 0 Å². The maximum atomic E-state index is 12.1. The van der Waals surface area contributed by atoms with Crippen LogP contribution in [0.15, 0.2) is 36.4 Å². The topological polar surface area (TPSA) is 47.4 Å². The van der Waals surface area contributed by atoms with Gasteiger partial charge in [0.2, 0.25) is 5.91 Å². The van der Waals surface area contributed by atoms with Crippen molar-refractivity contribution in [2.24, 2.45) is 0 Å². The molecule has 1 amide bonds. The Morgan fingerprint density at radius 3 is 2.64 bits per heavy atom. The highest BCUT2D eigenvalue weighted by atomic mass is 16.5. The molecule has 2 rings (SSSR count). The van der Waals surface area contributed by atoms with Crippen LogP contribution in [0.1, 0.15) is 17.8 Å². The van der Waals surface area contributed by atoms with E-state index in [4.69, 9.17) is 4.74 Å². The van der Waals surface area contributed by atoms with E-state index >= 15 is 0 Å². The molecule has 0 aliphatic rings. The van der Waals surface area contributed by atoms with Crippen LogP contribution in [-0.2, 0) is 11.3 Å². The smallest absolute Gasteiger partial charge is 0.225 e. The van der Waals surface area contributed by atoms with E-state index < -0.39 is 0 Å². The SMILES string of the molecule is Cc1cc(C)n(CCN(C)C(=O)CCOc2ccccc2)n1. The number of benzene rings is 1. The van der Waals surface area contributed by atoms with Gasteiger partial charge in [0.05, 0.1) is 25.3 Å². The number of ether oxygens (including phenoxy) is 1. The lowest BCUT2D eigenvalue weighted by molar-refractivity contribution is -0.130. The summed E-state index contributed by atoms with van der Waals surface area (Å²) in [6, 6.07) is 11.6. The van der Waals surface area contributed by atoms with E-state index in [0.717, 1.165) is 17.1 Å². The van der Waals surface area contributed by atoms with Crippen molar-refractivity contribution in [3.05, 3.63) is 47.8 Å². The molecule has 0 spiro atoms. The van der Waals surface area contributed by atoms with Gasteiger partial charge in [0.1, 0.15) is 5.75 Å². The normalized spacial score (nSPS) is 10.5. The molecule has 0 N–H and O–H groups in total. The molecular weight excluding hydrogens is 278 g/mol. The van der Waals surface area contributed by atoms with Crippen LogP contribution < -0.4 is 4.74 Å². The summed E-state index contributed by atoms with van der Waals surface area (Å²) >= 11 is 0. The summed E-state index contributed by atoms with van der Waals surface area (Å²) < 4.78 is 7.48. The number of likely N-dealkylation sites (N-methyl/N-ethyl adjacent to an activating group) is 1. The van der Waals surface area contributed by atoms with E-state index in [0.29, 0.717) is 26.1 Å². The van der Waals surface area contributed by atoms with E-state index in [2.05, 4.69) is 5.10 Å². The van der Waals surface area contributed by atoms with Crippen LogP contribution in [0.4, 0.5) is 0 Å². The van der Waals surface area contributed by atoms with Crippen molar-refractivity contribution < 1.29 is 9.53 Å². The Labute approximate surface area is 131 Å². The minimum absolute atomic E-state index is 0.0810. The second-order valence-electron chi connectivity index (χ2n) is 5.38. The number of aryl methyl sites for hydroxylation is 2. The quantitative estimate of drug-likeness (QED) is 0.789. The van der Waals surface area contributed by atoms with Crippen molar-refractivity contribution >= 4 is 5.91 Å². The first-order valence-electron chi connectivity index (χ1n) is 7.49. The van der Waals surface area contributed by atoms with Crippen LogP contribution in [0.2, 0.25) is 0 Å². The second-order valence-corrected chi connectivity index (χ2v) is 5.38. The van der Waals surface area contributed by atoms with Crippen molar-refractivity contribution in [3.8, 4) is 5.75 Å². The Morgan fingerprint density at radius 1 is 1.27 bits per heavy atom. The molecule has 0 saturated heterocycles. The summed E-state index contributed by atoms with van der Waals surface area (Å²) in [7, 11) is 1.82. The number of amides is 1. The van der Waals surface area contributed by atoms with Crippen molar-refractivity contribution in [2.75, 3.05) is 20.2 Å². The monoisotopic (exact) mass is 301 g/mol. The molecule has 1 heterocycles. The first kappa shape index (κ1) is 16.1. The third-order valence-corrected chi connectivity index (χ3v) is 3.50. The minimum atomic E-state index is 0.0810. The fraction of sp³-hybridized carbons (Fsp3) is 0.412. The Hall–Kier alpha value is -2.30. The first-order chi connectivity index (χ1) is 10.6. The van der Waals surface area contributed by atoms with Crippen LogP contribution in [-0.4, -0.2) is 40.8 Å². The van der Waals surface area contributed by atoms with Gasteiger partial charge in [-0.3, -0.25) is 9.48 Å². The van der Waals surface area contributed by atoms with Gasteiger partial charge in [-0.05, 0) is 32.0 Å². The van der Waals surface area contributed by atoms with Gasteiger partial charge in [0.25, 0.3) is 0 Å². The largest absolute Gasteiger partial charge is 0.493 e. The highest BCUT2D eigenvalue weighted by Crippen LogP contribution is 2.08. The van der Waals surface area contributed by atoms with E-state index in [9.17, 15) is 4.79 Å². The zero-order valence-electron chi connectivity index (χ0n) is 13.5. The summed E-state index contributed by atoms with van der Waals surface area (Å²) in [4.78, 5) is 13.8. The van der Waals surface area contributed by atoms with E-state index in [1.165, 1.54) is 0 Å². The molecule has 118 valence electrons. The van der Waals surface area contributed by atoms with Crippen molar-refractivity contribution in [2.45, 2.75) is 26.8 Å². The maximum absolute atomic E-state index is 12.1. The Balaban J connectivity index is 1.71. The second kappa shape index (κ2) is 7.64. The molecule has 1 aromatic heterocycles. The molecule has 5 heteroatoms. The van der Waals surface area contributed by atoms with Gasteiger partial charge in [-0.15, -0.1) is 0 Å². The predicted molar refractivity (Wildman–Crippen MR) is 85.9 cm³/mol. The molecular formula is C17H23N3O2. The third-order valence-electron chi connectivity index (χ3n) is 3.50.